The van der Waals surface area contributed by atoms with Gasteiger partial charge in [-0.15, -0.1) is 0 Å². The van der Waals surface area contributed by atoms with Gasteiger partial charge in [-0.2, -0.15) is 17.9 Å². The van der Waals surface area contributed by atoms with E-state index in [-0.39, 0.29) is 6.54 Å². The number of ether oxygens (including phenoxy) is 1. The van der Waals surface area contributed by atoms with E-state index in [0.29, 0.717) is 13.0 Å². The molecule has 3 N–H and O–H groups in total. The summed E-state index contributed by atoms with van der Waals surface area (Å²) in [6.07, 6.45) is -0.280. The largest absolute Gasteiger partial charge is 0.391 e. The molecule has 1 aliphatic rings. The number of hydrogen-bond donors (Lipinski definition) is 3. The molecule has 0 saturated heterocycles. The van der Waals surface area contributed by atoms with Crippen LogP contribution in [0, 0.1) is 0 Å². The third kappa shape index (κ3) is 3.52. The average molecular weight is 286 g/mol. The highest BCUT2D eigenvalue weighted by Crippen LogP contribution is 2.31. The lowest BCUT2D eigenvalue weighted by Crippen LogP contribution is -2.42. The molecule has 0 radical (unpaired) electrons. The van der Waals surface area contributed by atoms with Gasteiger partial charge >= 0.3 is 0 Å². The van der Waals surface area contributed by atoms with Gasteiger partial charge in [0.2, 0.25) is 0 Å². The average Bonchev–Trinajstić information content (AvgIpc) is 2.66. The molecular weight excluding hydrogens is 268 g/mol. The summed E-state index contributed by atoms with van der Waals surface area (Å²) in [5.74, 6) is 0. The van der Waals surface area contributed by atoms with E-state index in [1.54, 1.807) is 0 Å². The van der Waals surface area contributed by atoms with Gasteiger partial charge in [0, 0.05) is 20.1 Å². The Hall–Kier alpha value is -0.990. The van der Waals surface area contributed by atoms with Crippen LogP contribution in [0.15, 0.2) is 24.3 Å². The van der Waals surface area contributed by atoms with Crippen LogP contribution in [-0.2, 0) is 21.4 Å². The molecule has 0 bridgehead atoms. The summed E-state index contributed by atoms with van der Waals surface area (Å²) in [5.41, 5.74) is 1.80. The molecule has 7 heteroatoms. The van der Waals surface area contributed by atoms with Crippen molar-refractivity contribution >= 4 is 10.2 Å². The first kappa shape index (κ1) is 14.4. The molecule has 1 aromatic rings. The normalized spacial score (nSPS) is 22.4. The first-order valence-corrected chi connectivity index (χ1v) is 7.53. The second-order valence-corrected chi connectivity index (χ2v) is 5.99. The van der Waals surface area contributed by atoms with Crippen LogP contribution in [0.4, 0.5) is 0 Å². The maximum Gasteiger partial charge on any atom is 0.277 e. The van der Waals surface area contributed by atoms with Crippen molar-refractivity contribution in [2.75, 3.05) is 20.3 Å². The Labute approximate surface area is 113 Å². The van der Waals surface area contributed by atoms with Gasteiger partial charge in [-0.05, 0) is 11.1 Å². The highest BCUT2D eigenvalue weighted by Gasteiger charge is 2.33. The van der Waals surface area contributed by atoms with Gasteiger partial charge in [0.15, 0.2) is 0 Å². The molecule has 19 heavy (non-hydrogen) atoms. The zero-order chi connectivity index (χ0) is 13.9. The number of aliphatic hydroxyl groups is 1. The molecule has 1 aliphatic carbocycles. The van der Waals surface area contributed by atoms with Crippen LogP contribution < -0.4 is 9.44 Å². The third-order valence-electron chi connectivity index (χ3n) is 3.08. The number of methoxy groups -OCH3 is 1. The zero-order valence-corrected chi connectivity index (χ0v) is 11.5. The molecule has 0 saturated carbocycles. The van der Waals surface area contributed by atoms with Crippen LogP contribution in [0.2, 0.25) is 0 Å². The number of fused-ring (bicyclic) bond motifs is 1. The maximum atomic E-state index is 11.8. The molecule has 0 fully saturated rings. The monoisotopic (exact) mass is 286 g/mol. The van der Waals surface area contributed by atoms with Crippen LogP contribution in [0.3, 0.4) is 0 Å². The van der Waals surface area contributed by atoms with Crippen molar-refractivity contribution in [1.82, 2.24) is 9.44 Å². The minimum atomic E-state index is -3.65. The van der Waals surface area contributed by atoms with Gasteiger partial charge in [-0.25, -0.2) is 0 Å². The van der Waals surface area contributed by atoms with E-state index in [0.717, 1.165) is 11.1 Å². The van der Waals surface area contributed by atoms with Gasteiger partial charge in [-0.1, -0.05) is 24.3 Å². The summed E-state index contributed by atoms with van der Waals surface area (Å²) >= 11 is 0. The predicted octanol–water partition coefficient (Wildman–Crippen LogP) is -0.285. The Morgan fingerprint density at radius 1 is 1.42 bits per heavy atom. The Morgan fingerprint density at radius 2 is 2.16 bits per heavy atom. The predicted molar refractivity (Wildman–Crippen MR) is 70.8 cm³/mol. The van der Waals surface area contributed by atoms with Crippen LogP contribution in [0.1, 0.15) is 17.2 Å². The lowest BCUT2D eigenvalue weighted by molar-refractivity contribution is 0.151. The van der Waals surface area contributed by atoms with Gasteiger partial charge in [0.05, 0.1) is 18.8 Å². The second-order valence-electron chi connectivity index (χ2n) is 4.46. The lowest BCUT2D eigenvalue weighted by atomic mass is 10.1. The van der Waals surface area contributed by atoms with E-state index in [4.69, 9.17) is 4.74 Å². The molecule has 6 nitrogen and oxygen atoms in total. The second kappa shape index (κ2) is 5.98. The van der Waals surface area contributed by atoms with Crippen molar-refractivity contribution in [1.29, 1.82) is 0 Å². The van der Waals surface area contributed by atoms with E-state index >= 15 is 0 Å². The summed E-state index contributed by atoms with van der Waals surface area (Å²) in [6.45, 7) is 0.487. The molecular formula is C12H18N2O4S. The molecule has 0 spiro atoms. The van der Waals surface area contributed by atoms with Crippen molar-refractivity contribution in [3.8, 4) is 0 Å². The lowest BCUT2D eigenvalue weighted by Gasteiger charge is -2.18. The molecule has 0 heterocycles. The summed E-state index contributed by atoms with van der Waals surface area (Å²) in [4.78, 5) is 0. The molecule has 1 aromatic carbocycles. The van der Waals surface area contributed by atoms with Crippen molar-refractivity contribution < 1.29 is 18.3 Å². The zero-order valence-electron chi connectivity index (χ0n) is 10.7. The maximum absolute atomic E-state index is 11.8. The fraction of sp³-hybridized carbons (Fsp3) is 0.500. The standard InChI is InChI=1S/C12H18N2O4S/c1-18-7-6-13-19(16,17)14-12-10-5-3-2-4-9(10)8-11(12)15/h2-5,11-15H,6-8H2,1H3/t11-,12+/m0/s1. The van der Waals surface area contributed by atoms with E-state index in [1.807, 2.05) is 24.3 Å². The molecule has 0 aliphatic heterocycles. The van der Waals surface area contributed by atoms with Crippen molar-refractivity contribution in [3.63, 3.8) is 0 Å². The minimum absolute atomic E-state index is 0.191. The van der Waals surface area contributed by atoms with Crippen LogP contribution >= 0.6 is 0 Å². The fourth-order valence-electron chi connectivity index (χ4n) is 2.20. The Bertz CT molecular complexity index is 532. The first-order chi connectivity index (χ1) is 9.03. The van der Waals surface area contributed by atoms with Gasteiger partial charge < -0.3 is 9.84 Å². The molecule has 2 atom stereocenters. The topological polar surface area (TPSA) is 87.7 Å². The summed E-state index contributed by atoms with van der Waals surface area (Å²) < 4.78 is 33.3. The molecule has 0 amide bonds. The highest BCUT2D eigenvalue weighted by molar-refractivity contribution is 7.87. The number of nitrogens with one attached hydrogen (secondary N) is 2. The Kier molecular flexibility index (Phi) is 4.54. The minimum Gasteiger partial charge on any atom is -0.391 e. The Morgan fingerprint density at radius 3 is 2.89 bits per heavy atom. The fourth-order valence-corrected chi connectivity index (χ4v) is 3.26. The Balaban J connectivity index is 2.07. The SMILES string of the molecule is COCCNS(=O)(=O)N[C@@H]1c2ccccc2C[C@@H]1O. The van der Waals surface area contributed by atoms with E-state index in [9.17, 15) is 13.5 Å². The van der Waals surface area contributed by atoms with Crippen molar-refractivity contribution in [2.24, 2.45) is 0 Å². The first-order valence-electron chi connectivity index (χ1n) is 6.05. The van der Waals surface area contributed by atoms with E-state index < -0.39 is 22.4 Å². The van der Waals surface area contributed by atoms with E-state index in [2.05, 4.69) is 9.44 Å². The smallest absolute Gasteiger partial charge is 0.277 e. The summed E-state index contributed by atoms with van der Waals surface area (Å²) in [5, 5.41) is 9.97. The van der Waals surface area contributed by atoms with Crippen LogP contribution in [-0.4, -0.2) is 39.9 Å². The number of rotatable bonds is 6. The van der Waals surface area contributed by atoms with E-state index in [1.165, 1.54) is 7.11 Å². The third-order valence-corrected chi connectivity index (χ3v) is 4.23. The highest BCUT2D eigenvalue weighted by atomic mass is 32.2. The summed E-state index contributed by atoms with van der Waals surface area (Å²) in [7, 11) is -2.15. The number of aliphatic hydroxyl groups excluding tert-OH is 1. The molecule has 106 valence electrons. The van der Waals surface area contributed by atoms with Crippen LogP contribution in [0.5, 0.6) is 0 Å². The van der Waals surface area contributed by atoms with Crippen LogP contribution in [0.25, 0.3) is 0 Å². The van der Waals surface area contributed by atoms with Gasteiger partial charge in [-0.3, -0.25) is 0 Å². The number of benzene rings is 1. The number of hydrogen-bond acceptors (Lipinski definition) is 4. The van der Waals surface area contributed by atoms with Gasteiger partial charge in [0.1, 0.15) is 0 Å². The molecule has 0 unspecified atom stereocenters. The van der Waals surface area contributed by atoms with Crippen molar-refractivity contribution in [3.05, 3.63) is 35.4 Å². The quantitative estimate of drug-likeness (QED) is 0.627. The van der Waals surface area contributed by atoms with Crippen molar-refractivity contribution in [2.45, 2.75) is 18.6 Å². The molecule has 0 aromatic heterocycles. The summed E-state index contributed by atoms with van der Waals surface area (Å²) in [6, 6.07) is 6.82. The van der Waals surface area contributed by atoms with Gasteiger partial charge in [0.25, 0.3) is 10.2 Å². The molecule has 2 rings (SSSR count).